The highest BCUT2D eigenvalue weighted by atomic mass is 19.1. The van der Waals surface area contributed by atoms with Gasteiger partial charge < -0.3 is 14.5 Å². The number of aryl methyl sites for hydroxylation is 1. The minimum atomic E-state index is -0.722. The zero-order valence-corrected chi connectivity index (χ0v) is 16.1. The number of rotatable bonds is 4. The Morgan fingerprint density at radius 1 is 1.11 bits per heavy atom. The number of halogens is 1. The zero-order valence-electron chi connectivity index (χ0n) is 16.1. The van der Waals surface area contributed by atoms with Gasteiger partial charge in [0.25, 0.3) is 0 Å². The van der Waals surface area contributed by atoms with Crippen LogP contribution in [0.15, 0.2) is 52.9 Å². The molecule has 0 aliphatic carbocycles. The van der Waals surface area contributed by atoms with Crippen molar-refractivity contribution in [3.05, 3.63) is 71.2 Å². The maximum atomic E-state index is 13.4. The van der Waals surface area contributed by atoms with Gasteiger partial charge in [-0.25, -0.2) is 4.39 Å². The summed E-state index contributed by atoms with van der Waals surface area (Å²) < 4.78 is 24.9. The van der Waals surface area contributed by atoms with Crippen molar-refractivity contribution in [2.24, 2.45) is 0 Å². The van der Waals surface area contributed by atoms with Crippen LogP contribution in [0, 0.1) is 12.7 Å². The average molecular weight is 381 g/mol. The van der Waals surface area contributed by atoms with Crippen LogP contribution in [0.1, 0.15) is 42.7 Å². The molecule has 1 amide bonds. The number of amides is 1. The molecule has 1 aliphatic rings. The molecule has 4 nitrogen and oxygen atoms in total. The maximum absolute atomic E-state index is 13.4. The second kappa shape index (κ2) is 7.40. The van der Waals surface area contributed by atoms with E-state index in [-0.39, 0.29) is 17.8 Å². The van der Waals surface area contributed by atoms with Crippen LogP contribution in [-0.2, 0) is 14.9 Å². The maximum Gasteiger partial charge on any atom is 0.231 e. The summed E-state index contributed by atoms with van der Waals surface area (Å²) in [6.45, 7) is 4.94. The molecular weight excluding hydrogens is 357 g/mol. The molecule has 146 valence electrons. The van der Waals surface area contributed by atoms with Crippen LogP contribution >= 0.6 is 0 Å². The quantitative estimate of drug-likeness (QED) is 0.706. The van der Waals surface area contributed by atoms with Gasteiger partial charge >= 0.3 is 0 Å². The predicted octanol–water partition coefficient (Wildman–Crippen LogP) is 4.81. The number of hydrogen-bond acceptors (Lipinski definition) is 3. The number of hydrogen-bond donors (Lipinski definition) is 1. The standard InChI is InChI=1S/C23H24FNO3/c1-15-19-5-3-4-6-20(19)28-21(15)16(2)25-22(26)23(11-13-27-14-12-23)17-7-9-18(24)10-8-17/h3-10,16H,11-14H2,1-2H3,(H,25,26). The van der Waals surface area contributed by atoms with Crippen molar-refractivity contribution in [1.29, 1.82) is 0 Å². The van der Waals surface area contributed by atoms with Crippen molar-refractivity contribution in [1.82, 2.24) is 5.32 Å². The van der Waals surface area contributed by atoms with Crippen molar-refractivity contribution < 1.29 is 18.3 Å². The lowest BCUT2D eigenvalue weighted by molar-refractivity contribution is -0.131. The van der Waals surface area contributed by atoms with E-state index in [1.165, 1.54) is 12.1 Å². The summed E-state index contributed by atoms with van der Waals surface area (Å²) in [5.74, 6) is 0.378. The van der Waals surface area contributed by atoms with E-state index < -0.39 is 5.41 Å². The fourth-order valence-corrected chi connectivity index (χ4v) is 4.14. The summed E-state index contributed by atoms with van der Waals surface area (Å²) in [5, 5.41) is 4.19. The number of carbonyl (C=O) groups excluding carboxylic acids is 1. The molecule has 1 aromatic heterocycles. The van der Waals surface area contributed by atoms with Crippen LogP contribution in [0.5, 0.6) is 0 Å². The Labute approximate surface area is 163 Å². The third-order valence-corrected chi connectivity index (χ3v) is 5.80. The van der Waals surface area contributed by atoms with E-state index >= 15 is 0 Å². The molecule has 2 heterocycles. The van der Waals surface area contributed by atoms with Crippen LogP contribution in [0.2, 0.25) is 0 Å². The largest absolute Gasteiger partial charge is 0.459 e. The lowest BCUT2D eigenvalue weighted by Gasteiger charge is -2.37. The van der Waals surface area contributed by atoms with Gasteiger partial charge in [-0.15, -0.1) is 0 Å². The highest BCUT2D eigenvalue weighted by Crippen LogP contribution is 2.37. The molecule has 5 heteroatoms. The predicted molar refractivity (Wildman–Crippen MR) is 106 cm³/mol. The Balaban J connectivity index is 1.63. The van der Waals surface area contributed by atoms with Gasteiger partial charge in [-0.2, -0.15) is 0 Å². The van der Waals surface area contributed by atoms with Crippen molar-refractivity contribution in [2.45, 2.75) is 38.1 Å². The highest BCUT2D eigenvalue weighted by molar-refractivity contribution is 5.89. The second-order valence-corrected chi connectivity index (χ2v) is 7.48. The molecule has 1 unspecified atom stereocenters. The third kappa shape index (κ3) is 3.20. The smallest absolute Gasteiger partial charge is 0.231 e. The number of fused-ring (bicyclic) bond motifs is 1. The van der Waals surface area contributed by atoms with Crippen molar-refractivity contribution >= 4 is 16.9 Å². The molecule has 3 aromatic rings. The summed E-state index contributed by atoms with van der Waals surface area (Å²) in [7, 11) is 0. The SMILES string of the molecule is Cc1c(C(C)NC(=O)C2(c3ccc(F)cc3)CCOCC2)oc2ccccc12. The fourth-order valence-electron chi connectivity index (χ4n) is 4.14. The monoisotopic (exact) mass is 381 g/mol. The zero-order chi connectivity index (χ0) is 19.7. The van der Waals surface area contributed by atoms with Gasteiger partial charge in [-0.05, 0) is 50.5 Å². The van der Waals surface area contributed by atoms with E-state index in [0.717, 1.165) is 27.9 Å². The minimum absolute atomic E-state index is 0.0743. The molecule has 0 radical (unpaired) electrons. The first-order valence-electron chi connectivity index (χ1n) is 9.64. The van der Waals surface area contributed by atoms with Gasteiger partial charge in [-0.3, -0.25) is 4.79 Å². The molecule has 1 aliphatic heterocycles. The number of ether oxygens (including phenoxy) is 1. The Bertz CT molecular complexity index is 987. The Morgan fingerprint density at radius 3 is 2.46 bits per heavy atom. The lowest BCUT2D eigenvalue weighted by atomic mass is 9.73. The van der Waals surface area contributed by atoms with Crippen LogP contribution < -0.4 is 5.32 Å². The molecule has 1 atom stereocenters. The van der Waals surface area contributed by atoms with Gasteiger partial charge in [0.05, 0.1) is 11.5 Å². The van der Waals surface area contributed by atoms with Gasteiger partial charge in [0.2, 0.25) is 5.91 Å². The first-order valence-corrected chi connectivity index (χ1v) is 9.64. The summed E-state index contributed by atoms with van der Waals surface area (Å²) in [6.07, 6.45) is 1.13. The van der Waals surface area contributed by atoms with Gasteiger partial charge in [0.15, 0.2) is 0 Å². The molecule has 4 rings (SSSR count). The van der Waals surface area contributed by atoms with Gasteiger partial charge in [-0.1, -0.05) is 30.3 Å². The summed E-state index contributed by atoms with van der Waals surface area (Å²) >= 11 is 0. The van der Waals surface area contributed by atoms with E-state index in [4.69, 9.17) is 9.15 Å². The minimum Gasteiger partial charge on any atom is -0.459 e. The van der Waals surface area contributed by atoms with E-state index in [1.54, 1.807) is 12.1 Å². The Hall–Kier alpha value is -2.66. The summed E-state index contributed by atoms with van der Waals surface area (Å²) in [6, 6.07) is 13.8. The Morgan fingerprint density at radius 2 is 1.79 bits per heavy atom. The molecule has 2 aromatic carbocycles. The van der Waals surface area contributed by atoms with Crippen LogP contribution in [0.3, 0.4) is 0 Å². The Kier molecular flexibility index (Phi) is 4.94. The van der Waals surface area contributed by atoms with Gasteiger partial charge in [0, 0.05) is 24.2 Å². The molecule has 1 saturated heterocycles. The molecule has 0 saturated carbocycles. The first-order chi connectivity index (χ1) is 13.5. The van der Waals surface area contributed by atoms with Crippen LogP contribution in [0.4, 0.5) is 4.39 Å². The fraction of sp³-hybridized carbons (Fsp3) is 0.348. The average Bonchev–Trinajstić information content (AvgIpc) is 3.06. The van der Waals surface area contributed by atoms with Crippen LogP contribution in [0.25, 0.3) is 11.0 Å². The van der Waals surface area contributed by atoms with Crippen molar-refractivity contribution in [3.8, 4) is 0 Å². The topological polar surface area (TPSA) is 51.5 Å². The molecule has 1 fully saturated rings. The van der Waals surface area contributed by atoms with Crippen molar-refractivity contribution in [2.75, 3.05) is 13.2 Å². The second-order valence-electron chi connectivity index (χ2n) is 7.48. The lowest BCUT2D eigenvalue weighted by Crippen LogP contribution is -2.48. The molecule has 28 heavy (non-hydrogen) atoms. The number of benzene rings is 2. The molecule has 0 bridgehead atoms. The summed E-state index contributed by atoms with van der Waals surface area (Å²) in [5.41, 5.74) is 1.95. The normalized spacial score (nSPS) is 17.4. The molecule has 0 spiro atoms. The number of para-hydroxylation sites is 1. The van der Waals surface area contributed by atoms with E-state index in [9.17, 15) is 9.18 Å². The number of furan rings is 1. The van der Waals surface area contributed by atoms with Gasteiger partial charge in [0.1, 0.15) is 17.2 Å². The van der Waals surface area contributed by atoms with E-state index in [0.29, 0.717) is 26.1 Å². The summed E-state index contributed by atoms with van der Waals surface area (Å²) in [4.78, 5) is 13.4. The first kappa shape index (κ1) is 18.7. The van der Waals surface area contributed by atoms with Crippen LogP contribution in [-0.4, -0.2) is 19.1 Å². The van der Waals surface area contributed by atoms with E-state index in [2.05, 4.69) is 5.32 Å². The number of nitrogens with one attached hydrogen (secondary N) is 1. The molecular formula is C23H24FNO3. The van der Waals surface area contributed by atoms with E-state index in [1.807, 2.05) is 38.1 Å². The number of carbonyl (C=O) groups is 1. The highest BCUT2D eigenvalue weighted by Gasteiger charge is 2.42. The third-order valence-electron chi connectivity index (χ3n) is 5.80. The van der Waals surface area contributed by atoms with Crippen molar-refractivity contribution in [3.63, 3.8) is 0 Å². The molecule has 1 N–H and O–H groups in total.